The number of hydrogen-bond donors (Lipinski definition) is 0. The van der Waals surface area contributed by atoms with Gasteiger partial charge in [0, 0.05) is 18.6 Å². The summed E-state index contributed by atoms with van der Waals surface area (Å²) >= 11 is 0. The van der Waals surface area contributed by atoms with Crippen LogP contribution in [0.1, 0.15) is 33.3 Å². The van der Waals surface area contributed by atoms with Crippen LogP contribution in [0.25, 0.3) is 0 Å². The van der Waals surface area contributed by atoms with Crippen molar-refractivity contribution in [1.29, 1.82) is 0 Å². The van der Waals surface area contributed by atoms with Crippen molar-refractivity contribution in [3.8, 4) is 0 Å². The maximum atomic E-state index is 11.7. The molecular formula is C15H20NO2+. The molecule has 1 heterocycles. The molecule has 0 aliphatic carbocycles. The molecule has 1 aliphatic rings. The third-order valence-electron chi connectivity index (χ3n) is 3.77. The van der Waals surface area contributed by atoms with E-state index in [1.807, 2.05) is 19.1 Å². The predicted molar refractivity (Wildman–Crippen MR) is 71.6 cm³/mol. The van der Waals surface area contributed by atoms with Gasteiger partial charge in [-0.05, 0) is 20.8 Å². The number of carbonyl (C=O) groups excluding carboxylic acids is 1. The van der Waals surface area contributed by atoms with Crippen LogP contribution < -0.4 is 0 Å². The van der Waals surface area contributed by atoms with Crippen LogP contribution in [0.3, 0.4) is 0 Å². The van der Waals surface area contributed by atoms with Crippen molar-refractivity contribution in [2.75, 3.05) is 13.2 Å². The minimum atomic E-state index is -0.177. The van der Waals surface area contributed by atoms with Crippen LogP contribution in [0, 0.1) is 0 Å². The van der Waals surface area contributed by atoms with Crippen LogP contribution in [-0.4, -0.2) is 29.4 Å². The van der Waals surface area contributed by atoms with Crippen molar-refractivity contribution < 1.29 is 14.1 Å². The molecule has 96 valence electrons. The lowest BCUT2D eigenvalue weighted by Crippen LogP contribution is -2.29. The fraction of sp³-hybridized carbons (Fsp3) is 0.467. The largest absolute Gasteiger partial charge is 0.461 e. The Labute approximate surface area is 108 Å². The zero-order valence-electron chi connectivity index (χ0n) is 11.5. The van der Waals surface area contributed by atoms with E-state index in [0.29, 0.717) is 13.2 Å². The van der Waals surface area contributed by atoms with Gasteiger partial charge in [0.25, 0.3) is 0 Å². The first-order valence-electron chi connectivity index (χ1n) is 6.35. The summed E-state index contributed by atoms with van der Waals surface area (Å²) in [6.45, 7) is 9.01. The van der Waals surface area contributed by atoms with Crippen LogP contribution in [0.15, 0.2) is 24.3 Å². The third-order valence-corrected chi connectivity index (χ3v) is 3.77. The van der Waals surface area contributed by atoms with Crippen LogP contribution >= 0.6 is 0 Å². The van der Waals surface area contributed by atoms with E-state index in [4.69, 9.17) is 4.74 Å². The van der Waals surface area contributed by atoms with E-state index in [1.165, 1.54) is 11.3 Å². The molecule has 0 atom stereocenters. The van der Waals surface area contributed by atoms with Crippen molar-refractivity contribution in [3.63, 3.8) is 0 Å². The molecular weight excluding hydrogens is 226 g/mol. The van der Waals surface area contributed by atoms with E-state index in [1.54, 1.807) is 0 Å². The fourth-order valence-corrected chi connectivity index (χ4v) is 2.49. The quantitative estimate of drug-likeness (QED) is 0.606. The van der Waals surface area contributed by atoms with Gasteiger partial charge in [-0.3, -0.25) is 0 Å². The zero-order valence-corrected chi connectivity index (χ0v) is 11.5. The number of nitrogens with zero attached hydrogens (tertiary/aromatic N) is 1. The summed E-state index contributed by atoms with van der Waals surface area (Å²) in [7, 11) is 0. The smallest absolute Gasteiger partial charge is 0.372 e. The van der Waals surface area contributed by atoms with Crippen molar-refractivity contribution in [2.24, 2.45) is 0 Å². The molecule has 0 amide bonds. The standard InChI is InChI=1S/C15H20NO2/c1-5-18-14(17)10-16-11(2)15(3,4)12-8-6-7-9-13(12)16/h6-9H,5,10H2,1-4H3/q+1. The number of fused-ring (bicyclic) bond motifs is 1. The highest BCUT2D eigenvalue weighted by Crippen LogP contribution is 2.38. The lowest BCUT2D eigenvalue weighted by Gasteiger charge is -2.14. The Morgan fingerprint density at radius 2 is 2.00 bits per heavy atom. The van der Waals surface area contributed by atoms with E-state index in [0.717, 1.165) is 5.69 Å². The molecule has 1 aromatic rings. The number of esters is 1. The minimum Gasteiger partial charge on any atom is -0.461 e. The lowest BCUT2D eigenvalue weighted by molar-refractivity contribution is -0.429. The highest BCUT2D eigenvalue weighted by Gasteiger charge is 2.43. The van der Waals surface area contributed by atoms with E-state index >= 15 is 0 Å². The van der Waals surface area contributed by atoms with Crippen LogP contribution in [0.5, 0.6) is 0 Å². The van der Waals surface area contributed by atoms with E-state index < -0.39 is 0 Å². The Bertz CT molecular complexity index is 515. The number of para-hydroxylation sites is 1. The molecule has 0 spiro atoms. The summed E-state index contributed by atoms with van der Waals surface area (Å²) in [4.78, 5) is 11.7. The average Bonchev–Trinajstić information content (AvgIpc) is 2.52. The van der Waals surface area contributed by atoms with Gasteiger partial charge in [-0.2, -0.15) is 4.58 Å². The molecule has 2 rings (SSSR count). The minimum absolute atomic E-state index is 0.0247. The molecule has 3 heteroatoms. The van der Waals surface area contributed by atoms with Crippen molar-refractivity contribution in [1.82, 2.24) is 0 Å². The Morgan fingerprint density at radius 1 is 1.33 bits per heavy atom. The van der Waals surface area contributed by atoms with E-state index in [-0.39, 0.29) is 11.4 Å². The van der Waals surface area contributed by atoms with Gasteiger partial charge in [-0.15, -0.1) is 0 Å². The maximum Gasteiger partial charge on any atom is 0.372 e. The molecule has 0 radical (unpaired) electrons. The monoisotopic (exact) mass is 246 g/mol. The highest BCUT2D eigenvalue weighted by molar-refractivity contribution is 5.94. The summed E-state index contributed by atoms with van der Waals surface area (Å²) in [6, 6.07) is 8.24. The Morgan fingerprint density at radius 3 is 2.67 bits per heavy atom. The SMILES string of the molecule is CCOC(=O)C[N+]1=C(C)C(C)(C)c2ccccc21. The molecule has 0 aromatic heterocycles. The molecule has 1 aliphatic heterocycles. The van der Waals surface area contributed by atoms with Gasteiger partial charge in [0.1, 0.15) is 0 Å². The molecule has 1 aromatic carbocycles. The number of rotatable bonds is 3. The fourth-order valence-electron chi connectivity index (χ4n) is 2.49. The van der Waals surface area contributed by atoms with Crippen molar-refractivity contribution in [3.05, 3.63) is 29.8 Å². The van der Waals surface area contributed by atoms with Gasteiger partial charge in [0.05, 0.1) is 12.0 Å². The topological polar surface area (TPSA) is 29.3 Å². The van der Waals surface area contributed by atoms with Crippen LogP contribution in [0.4, 0.5) is 5.69 Å². The second-order valence-corrected chi connectivity index (χ2v) is 5.12. The first-order chi connectivity index (χ1) is 8.48. The van der Waals surface area contributed by atoms with Gasteiger partial charge >= 0.3 is 5.97 Å². The normalized spacial score (nSPS) is 16.7. The number of hydrogen-bond acceptors (Lipinski definition) is 2. The number of carbonyl (C=O) groups is 1. The van der Waals surface area contributed by atoms with Gasteiger partial charge < -0.3 is 4.74 Å². The number of benzene rings is 1. The van der Waals surface area contributed by atoms with Gasteiger partial charge in [-0.1, -0.05) is 18.2 Å². The van der Waals surface area contributed by atoms with Crippen molar-refractivity contribution >= 4 is 17.4 Å². The first-order valence-corrected chi connectivity index (χ1v) is 6.35. The predicted octanol–water partition coefficient (Wildman–Crippen LogP) is 2.65. The van der Waals surface area contributed by atoms with Gasteiger partial charge in [0.15, 0.2) is 5.71 Å². The molecule has 0 saturated carbocycles. The summed E-state index contributed by atoms with van der Waals surface area (Å²) in [5.74, 6) is -0.177. The molecule has 0 bridgehead atoms. The molecule has 0 fully saturated rings. The first kappa shape index (κ1) is 12.8. The zero-order chi connectivity index (χ0) is 13.3. The summed E-state index contributed by atoms with van der Waals surface area (Å²) in [5.41, 5.74) is 3.56. The molecule has 0 saturated heterocycles. The van der Waals surface area contributed by atoms with Crippen molar-refractivity contribution in [2.45, 2.75) is 33.1 Å². The maximum absolute atomic E-state index is 11.7. The second-order valence-electron chi connectivity index (χ2n) is 5.12. The molecule has 0 N–H and O–H groups in total. The molecule has 18 heavy (non-hydrogen) atoms. The van der Waals surface area contributed by atoms with Crippen LogP contribution in [0.2, 0.25) is 0 Å². The number of ether oxygens (including phenoxy) is 1. The van der Waals surface area contributed by atoms with E-state index in [2.05, 4.69) is 37.5 Å². The summed E-state index contributed by atoms with van der Waals surface area (Å²) < 4.78 is 7.10. The highest BCUT2D eigenvalue weighted by atomic mass is 16.5. The van der Waals surface area contributed by atoms with E-state index in [9.17, 15) is 4.79 Å². The Kier molecular flexibility index (Phi) is 3.24. The Hall–Kier alpha value is -1.64. The average molecular weight is 246 g/mol. The Balaban J connectivity index is 2.40. The second kappa shape index (κ2) is 4.56. The molecule has 0 unspecified atom stereocenters. The van der Waals surface area contributed by atoms with Gasteiger partial charge in [-0.25, -0.2) is 4.79 Å². The van der Waals surface area contributed by atoms with Crippen LogP contribution in [-0.2, 0) is 14.9 Å². The summed E-state index contributed by atoms with van der Waals surface area (Å²) in [5, 5.41) is 0. The molecule has 3 nitrogen and oxygen atoms in total. The third kappa shape index (κ3) is 1.94. The van der Waals surface area contributed by atoms with Gasteiger partial charge in [0.2, 0.25) is 12.2 Å². The summed E-state index contributed by atoms with van der Waals surface area (Å²) in [6.07, 6.45) is 0. The lowest BCUT2D eigenvalue weighted by atomic mass is 9.82.